The minimum atomic E-state index is -1.24. The minimum absolute atomic E-state index is 0.203. The van der Waals surface area contributed by atoms with Gasteiger partial charge in [-0.25, -0.2) is 0 Å². The molecule has 0 spiro atoms. The summed E-state index contributed by atoms with van der Waals surface area (Å²) in [6.45, 7) is 11.2. The molecule has 4 atom stereocenters. The van der Waals surface area contributed by atoms with Crippen molar-refractivity contribution in [2.45, 2.75) is 85.0 Å². The summed E-state index contributed by atoms with van der Waals surface area (Å²) in [5.41, 5.74) is 0. The highest BCUT2D eigenvalue weighted by molar-refractivity contribution is 5.95. The molecular formula is C22H41N5O6. The first kappa shape index (κ1) is 30.5. The first-order valence-electron chi connectivity index (χ1n) is 11.6. The van der Waals surface area contributed by atoms with Crippen molar-refractivity contribution in [3.63, 3.8) is 0 Å². The van der Waals surface area contributed by atoms with Crippen molar-refractivity contribution >= 4 is 29.4 Å². The Morgan fingerprint density at radius 1 is 1.03 bits per heavy atom. The highest BCUT2D eigenvalue weighted by Crippen LogP contribution is 2.19. The van der Waals surface area contributed by atoms with E-state index in [-0.39, 0.29) is 18.1 Å². The van der Waals surface area contributed by atoms with Gasteiger partial charge in [0.15, 0.2) is 5.78 Å². The third kappa shape index (κ3) is 10.3. The van der Waals surface area contributed by atoms with E-state index in [1.807, 2.05) is 20.8 Å². The Kier molecular flexibility index (Phi) is 14.9. The summed E-state index contributed by atoms with van der Waals surface area (Å²) in [5.74, 6) is -2.17. The van der Waals surface area contributed by atoms with Gasteiger partial charge < -0.3 is 31.3 Å². The lowest BCUT2D eigenvalue weighted by Crippen LogP contribution is -2.58. The van der Waals surface area contributed by atoms with E-state index in [0.717, 1.165) is 6.54 Å². The predicted octanol–water partition coefficient (Wildman–Crippen LogP) is -0.921. The molecule has 0 saturated carbocycles. The molecule has 0 aromatic carbocycles. The van der Waals surface area contributed by atoms with Crippen LogP contribution in [0.4, 0.5) is 0 Å². The number of hydrogen-bond donors (Lipinski definition) is 5. The number of amides is 4. The van der Waals surface area contributed by atoms with Crippen molar-refractivity contribution in [2.24, 2.45) is 0 Å². The van der Waals surface area contributed by atoms with Crippen LogP contribution in [0.2, 0.25) is 0 Å². The van der Waals surface area contributed by atoms with Crippen LogP contribution in [0, 0.1) is 0 Å². The lowest BCUT2D eigenvalue weighted by Gasteiger charge is -2.29. The number of likely N-dealkylation sites (tertiary alicyclic amines) is 1. The SMILES string of the molecule is CC.CCNCCC(=O)NC(C)C(=O)NC(CO)C(=O)N1CCCC1C(=O)NC(C)C(C)=O. The third-order valence-electron chi connectivity index (χ3n) is 5.15. The van der Waals surface area contributed by atoms with Gasteiger partial charge in [0.2, 0.25) is 23.6 Å². The molecule has 11 nitrogen and oxygen atoms in total. The number of aliphatic hydroxyl groups excluding tert-OH is 1. The quantitative estimate of drug-likeness (QED) is 0.230. The predicted molar refractivity (Wildman–Crippen MR) is 124 cm³/mol. The third-order valence-corrected chi connectivity index (χ3v) is 5.15. The molecule has 0 aromatic rings. The summed E-state index contributed by atoms with van der Waals surface area (Å²) in [5, 5.41) is 20.2. The number of nitrogens with one attached hydrogen (secondary N) is 4. The molecule has 1 saturated heterocycles. The average molecular weight is 472 g/mol. The van der Waals surface area contributed by atoms with Crippen LogP contribution in [0.5, 0.6) is 0 Å². The van der Waals surface area contributed by atoms with Crippen molar-refractivity contribution in [3.8, 4) is 0 Å². The van der Waals surface area contributed by atoms with E-state index in [9.17, 15) is 29.1 Å². The van der Waals surface area contributed by atoms with Crippen molar-refractivity contribution in [2.75, 3.05) is 26.2 Å². The van der Waals surface area contributed by atoms with E-state index in [2.05, 4.69) is 21.3 Å². The second-order valence-corrected chi connectivity index (χ2v) is 7.67. The van der Waals surface area contributed by atoms with Crippen molar-refractivity contribution in [1.29, 1.82) is 0 Å². The summed E-state index contributed by atoms with van der Waals surface area (Å²) >= 11 is 0. The number of rotatable bonds is 12. The zero-order chi connectivity index (χ0) is 25.6. The van der Waals surface area contributed by atoms with E-state index < -0.39 is 48.5 Å². The van der Waals surface area contributed by atoms with Gasteiger partial charge in [-0.3, -0.25) is 24.0 Å². The fourth-order valence-corrected chi connectivity index (χ4v) is 3.15. The van der Waals surface area contributed by atoms with Crippen LogP contribution in [-0.2, 0) is 24.0 Å². The highest BCUT2D eigenvalue weighted by Gasteiger charge is 2.38. The lowest BCUT2D eigenvalue weighted by molar-refractivity contribution is -0.143. The van der Waals surface area contributed by atoms with Crippen LogP contribution in [0.3, 0.4) is 0 Å². The fraction of sp³-hybridized carbons (Fsp3) is 0.773. The Hall–Kier alpha value is -2.53. The lowest BCUT2D eigenvalue weighted by atomic mass is 10.1. The van der Waals surface area contributed by atoms with Crippen LogP contribution < -0.4 is 21.3 Å². The van der Waals surface area contributed by atoms with Gasteiger partial charge in [-0.05, 0) is 40.2 Å². The number of carbonyl (C=O) groups excluding carboxylic acids is 5. The number of Topliss-reactive ketones (excluding diaryl/α,β-unsaturated/α-hetero) is 1. The summed E-state index contributed by atoms with van der Waals surface area (Å²) in [4.78, 5) is 62.3. The second kappa shape index (κ2) is 16.1. The highest BCUT2D eigenvalue weighted by atomic mass is 16.3. The fourth-order valence-electron chi connectivity index (χ4n) is 3.15. The van der Waals surface area contributed by atoms with Crippen LogP contribution >= 0.6 is 0 Å². The summed E-state index contributed by atoms with van der Waals surface area (Å²) in [6, 6.07) is -3.59. The maximum Gasteiger partial charge on any atom is 0.248 e. The zero-order valence-electron chi connectivity index (χ0n) is 20.7. The Bertz CT molecular complexity index is 672. The van der Waals surface area contributed by atoms with Gasteiger partial charge in [-0.15, -0.1) is 0 Å². The maximum absolute atomic E-state index is 12.9. The molecule has 0 aromatic heterocycles. The first-order chi connectivity index (χ1) is 15.6. The molecule has 33 heavy (non-hydrogen) atoms. The van der Waals surface area contributed by atoms with Gasteiger partial charge in [0.1, 0.15) is 18.1 Å². The smallest absolute Gasteiger partial charge is 0.248 e. The first-order valence-corrected chi connectivity index (χ1v) is 11.6. The largest absolute Gasteiger partial charge is 0.394 e. The normalized spacial score (nSPS) is 17.7. The van der Waals surface area contributed by atoms with Crippen molar-refractivity contribution in [1.82, 2.24) is 26.2 Å². The number of nitrogens with zero attached hydrogens (tertiary/aromatic N) is 1. The number of hydrogen-bond acceptors (Lipinski definition) is 7. The van der Waals surface area contributed by atoms with E-state index in [4.69, 9.17) is 0 Å². The van der Waals surface area contributed by atoms with E-state index in [0.29, 0.717) is 25.9 Å². The van der Waals surface area contributed by atoms with Crippen LogP contribution in [0.1, 0.15) is 60.8 Å². The summed E-state index contributed by atoms with van der Waals surface area (Å²) in [6.07, 6.45) is 1.21. The molecule has 1 fully saturated rings. The molecule has 1 aliphatic rings. The summed E-state index contributed by atoms with van der Waals surface area (Å²) in [7, 11) is 0. The molecule has 4 unspecified atom stereocenters. The van der Waals surface area contributed by atoms with Crippen LogP contribution in [0.15, 0.2) is 0 Å². The number of ketones is 1. The van der Waals surface area contributed by atoms with Gasteiger partial charge >= 0.3 is 0 Å². The molecule has 1 rings (SSSR count). The molecule has 11 heteroatoms. The van der Waals surface area contributed by atoms with E-state index in [1.54, 1.807) is 6.92 Å². The second-order valence-electron chi connectivity index (χ2n) is 7.67. The molecule has 0 aliphatic carbocycles. The van der Waals surface area contributed by atoms with Gasteiger partial charge in [0, 0.05) is 19.5 Å². The van der Waals surface area contributed by atoms with Crippen LogP contribution in [0.25, 0.3) is 0 Å². The monoisotopic (exact) mass is 471 g/mol. The van der Waals surface area contributed by atoms with Crippen molar-refractivity contribution in [3.05, 3.63) is 0 Å². The Morgan fingerprint density at radius 3 is 2.21 bits per heavy atom. The Labute approximate surface area is 196 Å². The van der Waals surface area contributed by atoms with Gasteiger partial charge in [0.05, 0.1) is 12.6 Å². The Morgan fingerprint density at radius 2 is 1.67 bits per heavy atom. The molecule has 0 radical (unpaired) electrons. The van der Waals surface area contributed by atoms with Gasteiger partial charge in [0.25, 0.3) is 0 Å². The van der Waals surface area contributed by atoms with E-state index in [1.165, 1.54) is 18.7 Å². The average Bonchev–Trinajstić information content (AvgIpc) is 3.28. The molecule has 0 bridgehead atoms. The molecule has 5 N–H and O–H groups in total. The maximum atomic E-state index is 12.9. The standard InChI is InChI=1S/C20H35N5O6.C2H6/c1-5-21-9-8-17(28)22-13(3)18(29)24-15(11-26)20(31)25-10-6-7-16(25)19(30)23-12(2)14(4)27;1-2/h12-13,15-16,21,26H,5-11H2,1-4H3,(H,22,28)(H,23,30)(H,24,29);1-2H3. The number of carbonyl (C=O) groups is 5. The minimum Gasteiger partial charge on any atom is -0.394 e. The van der Waals surface area contributed by atoms with Gasteiger partial charge in [-0.2, -0.15) is 0 Å². The Balaban J connectivity index is 0.00000497. The molecule has 1 aliphatic heterocycles. The summed E-state index contributed by atoms with van der Waals surface area (Å²) < 4.78 is 0. The zero-order valence-corrected chi connectivity index (χ0v) is 20.7. The van der Waals surface area contributed by atoms with Crippen LogP contribution in [-0.4, -0.2) is 89.8 Å². The molecule has 190 valence electrons. The van der Waals surface area contributed by atoms with E-state index >= 15 is 0 Å². The number of aliphatic hydroxyl groups is 1. The topological polar surface area (TPSA) is 157 Å². The van der Waals surface area contributed by atoms with Crippen molar-refractivity contribution < 1.29 is 29.1 Å². The molecular weight excluding hydrogens is 430 g/mol. The molecule has 1 heterocycles. The van der Waals surface area contributed by atoms with Gasteiger partial charge in [-0.1, -0.05) is 20.8 Å². The molecule has 4 amide bonds.